The Morgan fingerprint density at radius 3 is 2.66 bits per heavy atom. The molecule has 0 amide bonds. The van der Waals surface area contributed by atoms with Gasteiger partial charge in [-0.2, -0.15) is 0 Å². The summed E-state index contributed by atoms with van der Waals surface area (Å²) in [7, 11) is 0. The number of piperazine rings is 1. The molecule has 0 spiro atoms. The van der Waals surface area contributed by atoms with Gasteiger partial charge in [-0.1, -0.05) is 18.6 Å². The van der Waals surface area contributed by atoms with Crippen LogP contribution in [0.4, 0.5) is 10.1 Å². The van der Waals surface area contributed by atoms with Crippen LogP contribution in [0, 0.1) is 5.82 Å². The van der Waals surface area contributed by atoms with Gasteiger partial charge < -0.3 is 9.88 Å². The van der Waals surface area contributed by atoms with E-state index in [0.29, 0.717) is 0 Å². The highest BCUT2D eigenvalue weighted by molar-refractivity contribution is 7.98. The SMILES string of the molecule is CSc1ccccc1N1CCN(CCCCCc2c[nH]c3ccc(F)cc23)CC1. The van der Waals surface area contributed by atoms with E-state index < -0.39 is 0 Å². The van der Waals surface area contributed by atoms with Gasteiger partial charge in [-0.25, -0.2) is 4.39 Å². The summed E-state index contributed by atoms with van der Waals surface area (Å²) in [5.41, 5.74) is 3.65. The highest BCUT2D eigenvalue weighted by atomic mass is 32.2. The van der Waals surface area contributed by atoms with E-state index in [1.807, 2.05) is 24.0 Å². The number of unbranched alkanes of at least 4 members (excludes halogenated alkanes) is 2. The fourth-order valence-corrected chi connectivity index (χ4v) is 4.91. The van der Waals surface area contributed by atoms with Gasteiger partial charge in [0, 0.05) is 48.2 Å². The van der Waals surface area contributed by atoms with E-state index in [-0.39, 0.29) is 5.82 Å². The number of nitrogens with zero attached hydrogens (tertiary/aromatic N) is 2. The number of aromatic amines is 1. The second kappa shape index (κ2) is 9.68. The molecule has 2 aromatic carbocycles. The maximum atomic E-state index is 13.5. The maximum Gasteiger partial charge on any atom is 0.123 e. The number of nitrogens with one attached hydrogen (secondary N) is 1. The molecule has 1 aliphatic rings. The average Bonchev–Trinajstić information content (AvgIpc) is 3.16. The van der Waals surface area contributed by atoms with Gasteiger partial charge in [-0.05, 0) is 68.0 Å². The highest BCUT2D eigenvalue weighted by Gasteiger charge is 2.18. The van der Waals surface area contributed by atoms with Crippen LogP contribution in [0.1, 0.15) is 24.8 Å². The predicted octanol–water partition coefficient (Wildman–Crippen LogP) is 5.56. The fourth-order valence-electron chi connectivity index (χ4n) is 4.29. The van der Waals surface area contributed by atoms with Crippen molar-refractivity contribution in [2.24, 2.45) is 0 Å². The zero-order valence-electron chi connectivity index (χ0n) is 17.2. The van der Waals surface area contributed by atoms with Crippen molar-refractivity contribution in [3.05, 3.63) is 60.0 Å². The minimum atomic E-state index is -0.155. The number of para-hydroxylation sites is 1. The van der Waals surface area contributed by atoms with Crippen LogP contribution in [-0.2, 0) is 6.42 Å². The van der Waals surface area contributed by atoms with Gasteiger partial charge in [0.2, 0.25) is 0 Å². The van der Waals surface area contributed by atoms with Crippen molar-refractivity contribution in [1.82, 2.24) is 9.88 Å². The van der Waals surface area contributed by atoms with Gasteiger partial charge in [-0.3, -0.25) is 4.90 Å². The third-order valence-corrected chi connectivity index (χ3v) is 6.73. The van der Waals surface area contributed by atoms with Crippen LogP contribution in [0.25, 0.3) is 10.9 Å². The molecule has 4 rings (SSSR count). The Kier molecular flexibility index (Phi) is 6.78. The molecule has 0 radical (unpaired) electrons. The second-order valence-corrected chi connectivity index (χ2v) is 8.66. The number of rotatable bonds is 8. The van der Waals surface area contributed by atoms with E-state index in [1.165, 1.54) is 41.6 Å². The zero-order chi connectivity index (χ0) is 20.1. The van der Waals surface area contributed by atoms with Crippen LogP contribution in [-0.4, -0.2) is 48.9 Å². The number of hydrogen-bond donors (Lipinski definition) is 1. The molecule has 0 atom stereocenters. The summed E-state index contributed by atoms with van der Waals surface area (Å²) >= 11 is 1.83. The number of thioether (sulfide) groups is 1. The summed E-state index contributed by atoms with van der Waals surface area (Å²) < 4.78 is 13.5. The van der Waals surface area contributed by atoms with Crippen molar-refractivity contribution < 1.29 is 4.39 Å². The van der Waals surface area contributed by atoms with Crippen molar-refractivity contribution in [3.63, 3.8) is 0 Å². The number of halogens is 1. The van der Waals surface area contributed by atoms with E-state index >= 15 is 0 Å². The number of anilines is 1. The zero-order valence-corrected chi connectivity index (χ0v) is 18.0. The van der Waals surface area contributed by atoms with Crippen LogP contribution < -0.4 is 4.90 Å². The summed E-state index contributed by atoms with van der Waals surface area (Å²) in [4.78, 5) is 9.75. The highest BCUT2D eigenvalue weighted by Crippen LogP contribution is 2.29. The van der Waals surface area contributed by atoms with Crippen molar-refractivity contribution in [1.29, 1.82) is 0 Å². The van der Waals surface area contributed by atoms with Crippen LogP contribution >= 0.6 is 11.8 Å². The Bertz CT molecular complexity index is 931. The summed E-state index contributed by atoms with van der Waals surface area (Å²) in [6.45, 7) is 5.69. The van der Waals surface area contributed by atoms with Gasteiger partial charge in [-0.15, -0.1) is 11.8 Å². The molecule has 1 saturated heterocycles. The van der Waals surface area contributed by atoms with Crippen LogP contribution in [0.15, 0.2) is 53.6 Å². The van der Waals surface area contributed by atoms with Gasteiger partial charge in [0.1, 0.15) is 5.82 Å². The summed E-state index contributed by atoms with van der Waals surface area (Å²) in [5, 5.41) is 1.03. The lowest BCUT2D eigenvalue weighted by atomic mass is 10.1. The van der Waals surface area contributed by atoms with Gasteiger partial charge in [0.25, 0.3) is 0 Å². The third kappa shape index (κ3) is 4.96. The Labute approximate surface area is 177 Å². The summed E-state index contributed by atoms with van der Waals surface area (Å²) in [6.07, 6.45) is 8.82. The maximum absolute atomic E-state index is 13.5. The predicted molar refractivity (Wildman–Crippen MR) is 123 cm³/mol. The molecule has 0 saturated carbocycles. The quantitative estimate of drug-likeness (QED) is 0.387. The van der Waals surface area contributed by atoms with Crippen molar-refractivity contribution in [3.8, 4) is 0 Å². The smallest absolute Gasteiger partial charge is 0.123 e. The van der Waals surface area contributed by atoms with Crippen molar-refractivity contribution >= 4 is 28.4 Å². The molecule has 0 unspecified atom stereocenters. The Morgan fingerprint density at radius 2 is 1.83 bits per heavy atom. The molecule has 1 aliphatic heterocycles. The summed E-state index contributed by atoms with van der Waals surface area (Å²) in [6, 6.07) is 13.7. The van der Waals surface area contributed by atoms with Gasteiger partial charge in [0.05, 0.1) is 5.69 Å². The van der Waals surface area contributed by atoms with Gasteiger partial charge >= 0.3 is 0 Å². The molecule has 1 aromatic heterocycles. The van der Waals surface area contributed by atoms with Crippen molar-refractivity contribution in [2.45, 2.75) is 30.6 Å². The van der Waals surface area contributed by atoms with Crippen molar-refractivity contribution in [2.75, 3.05) is 43.9 Å². The van der Waals surface area contributed by atoms with E-state index in [2.05, 4.69) is 45.3 Å². The number of H-pyrrole nitrogens is 1. The number of aromatic nitrogens is 1. The minimum absolute atomic E-state index is 0.155. The van der Waals surface area contributed by atoms with E-state index in [4.69, 9.17) is 0 Å². The lowest BCUT2D eigenvalue weighted by Crippen LogP contribution is -2.46. The molecule has 3 nitrogen and oxygen atoms in total. The molecule has 3 aromatic rings. The first-order chi connectivity index (χ1) is 14.2. The largest absolute Gasteiger partial charge is 0.368 e. The lowest BCUT2D eigenvalue weighted by Gasteiger charge is -2.36. The number of aryl methyl sites for hydroxylation is 1. The fraction of sp³-hybridized carbons (Fsp3) is 0.417. The average molecular weight is 412 g/mol. The molecular formula is C24H30FN3S. The molecule has 0 aliphatic carbocycles. The number of fused-ring (bicyclic) bond motifs is 1. The lowest BCUT2D eigenvalue weighted by molar-refractivity contribution is 0.252. The number of hydrogen-bond acceptors (Lipinski definition) is 3. The standard InChI is InChI=1S/C24H30FN3S/c1-29-24-9-5-4-8-23(24)28-15-13-27(14-16-28)12-6-2-3-7-19-18-26-22-11-10-20(25)17-21(19)22/h4-5,8-11,17-18,26H,2-3,6-7,12-16H2,1H3. The molecule has 29 heavy (non-hydrogen) atoms. The normalized spacial score (nSPS) is 15.3. The van der Waals surface area contributed by atoms with E-state index in [1.54, 1.807) is 6.07 Å². The molecular weight excluding hydrogens is 381 g/mol. The van der Waals surface area contributed by atoms with E-state index in [0.717, 1.165) is 49.9 Å². The number of benzene rings is 2. The topological polar surface area (TPSA) is 22.3 Å². The second-order valence-electron chi connectivity index (χ2n) is 7.82. The van der Waals surface area contributed by atoms with E-state index in [9.17, 15) is 4.39 Å². The molecule has 1 N–H and O–H groups in total. The Morgan fingerprint density at radius 1 is 1.00 bits per heavy atom. The first-order valence-electron chi connectivity index (χ1n) is 10.6. The Balaban J connectivity index is 1.18. The van der Waals surface area contributed by atoms with Crippen LogP contribution in [0.5, 0.6) is 0 Å². The first-order valence-corrected chi connectivity index (χ1v) is 11.8. The molecule has 154 valence electrons. The molecule has 0 bridgehead atoms. The van der Waals surface area contributed by atoms with Gasteiger partial charge in [0.15, 0.2) is 0 Å². The monoisotopic (exact) mass is 411 g/mol. The minimum Gasteiger partial charge on any atom is -0.368 e. The first kappa shape index (κ1) is 20.3. The third-order valence-electron chi connectivity index (χ3n) is 5.95. The Hall–Kier alpha value is -1.98. The van der Waals surface area contributed by atoms with Crippen LogP contribution in [0.3, 0.4) is 0 Å². The summed E-state index contributed by atoms with van der Waals surface area (Å²) in [5.74, 6) is -0.155. The van der Waals surface area contributed by atoms with Crippen LogP contribution in [0.2, 0.25) is 0 Å². The molecule has 5 heteroatoms. The molecule has 1 fully saturated rings. The molecule has 2 heterocycles.